The number of nitrogen functional groups attached to an aromatic ring is 1. The van der Waals surface area contributed by atoms with E-state index in [1.165, 1.54) is 6.20 Å². The highest BCUT2D eigenvalue weighted by Gasteiger charge is 2.00. The molecule has 44 valence electrons. The van der Waals surface area contributed by atoms with Crippen LogP contribution in [0.25, 0.3) is 4.98 Å². The molecule has 0 spiro atoms. The van der Waals surface area contributed by atoms with Crippen LogP contribution < -0.4 is 5.73 Å². The van der Waals surface area contributed by atoms with E-state index in [0.717, 1.165) is 0 Å². The summed E-state index contributed by atoms with van der Waals surface area (Å²) in [5.41, 5.74) is 5.65. The standard InChI is InChI=1S/C5H5N4/c6-5-2-1-4(9-7)3-8-5/h1-3H,(H2,6,8)/q+1. The quantitative estimate of drug-likeness (QED) is 0.523. The van der Waals surface area contributed by atoms with E-state index in [0.29, 0.717) is 11.5 Å². The number of nitrogens with zero attached hydrogens (tertiary/aromatic N) is 3. The van der Waals surface area contributed by atoms with Gasteiger partial charge in [-0.15, -0.1) is 0 Å². The normalized spacial score (nSPS) is 8.33. The molecule has 0 bridgehead atoms. The summed E-state index contributed by atoms with van der Waals surface area (Å²) in [4.78, 5) is 6.57. The van der Waals surface area contributed by atoms with Gasteiger partial charge in [0.1, 0.15) is 12.0 Å². The SMILES string of the molecule is N#[N+]c1ccc(N)nc1. The fourth-order valence-electron chi connectivity index (χ4n) is 0.457. The summed E-state index contributed by atoms with van der Waals surface area (Å²) in [6.45, 7) is 0. The zero-order valence-electron chi connectivity index (χ0n) is 4.65. The highest BCUT2D eigenvalue weighted by molar-refractivity contribution is 5.45. The van der Waals surface area contributed by atoms with E-state index in [9.17, 15) is 0 Å². The average molecular weight is 121 g/mol. The molecule has 0 radical (unpaired) electrons. The Bertz CT molecular complexity index is 232. The van der Waals surface area contributed by atoms with Gasteiger partial charge in [-0.05, 0) is 6.07 Å². The number of hydrogen-bond donors (Lipinski definition) is 1. The van der Waals surface area contributed by atoms with Gasteiger partial charge in [-0.25, -0.2) is 4.98 Å². The highest BCUT2D eigenvalue weighted by atomic mass is 14.9. The van der Waals surface area contributed by atoms with Crippen LogP contribution in [0.2, 0.25) is 0 Å². The van der Waals surface area contributed by atoms with Crippen LogP contribution in [-0.4, -0.2) is 4.98 Å². The lowest BCUT2D eigenvalue weighted by molar-refractivity contribution is 1.33. The lowest BCUT2D eigenvalue weighted by atomic mass is 10.4. The lowest BCUT2D eigenvalue weighted by Gasteiger charge is -1.81. The van der Waals surface area contributed by atoms with Gasteiger partial charge in [0.25, 0.3) is 0 Å². The van der Waals surface area contributed by atoms with Gasteiger partial charge in [-0.1, -0.05) is 0 Å². The minimum absolute atomic E-state index is 0.407. The average Bonchev–Trinajstić information content (AvgIpc) is 1.90. The summed E-state index contributed by atoms with van der Waals surface area (Å²) in [5, 5.41) is 8.17. The number of aromatic nitrogens is 1. The van der Waals surface area contributed by atoms with Crippen LogP contribution >= 0.6 is 0 Å². The molecule has 9 heavy (non-hydrogen) atoms. The summed E-state index contributed by atoms with van der Waals surface area (Å²) in [5.74, 6) is 0.419. The van der Waals surface area contributed by atoms with Crippen molar-refractivity contribution < 1.29 is 0 Å². The van der Waals surface area contributed by atoms with Crippen molar-refractivity contribution in [1.82, 2.24) is 4.98 Å². The molecule has 0 atom stereocenters. The van der Waals surface area contributed by atoms with Gasteiger partial charge in [-0.3, -0.25) is 0 Å². The summed E-state index contributed by atoms with van der Waals surface area (Å²) in [6.07, 6.45) is 1.38. The molecule has 1 heterocycles. The van der Waals surface area contributed by atoms with Gasteiger partial charge in [-0.2, -0.15) is 0 Å². The van der Waals surface area contributed by atoms with Crippen LogP contribution in [0.5, 0.6) is 0 Å². The maximum atomic E-state index is 8.17. The molecule has 0 aliphatic heterocycles. The van der Waals surface area contributed by atoms with E-state index in [4.69, 9.17) is 11.1 Å². The first-order valence-corrected chi connectivity index (χ1v) is 2.39. The predicted octanol–water partition coefficient (Wildman–Crippen LogP) is 1.15. The Balaban J connectivity index is 3.06. The summed E-state index contributed by atoms with van der Waals surface area (Å²) in [6, 6.07) is 3.14. The summed E-state index contributed by atoms with van der Waals surface area (Å²) in [7, 11) is 0. The van der Waals surface area contributed by atoms with Crippen molar-refractivity contribution in [1.29, 1.82) is 5.39 Å². The van der Waals surface area contributed by atoms with Crippen molar-refractivity contribution in [3.8, 4) is 0 Å². The summed E-state index contributed by atoms with van der Waals surface area (Å²) < 4.78 is 0. The first-order valence-electron chi connectivity index (χ1n) is 2.39. The monoisotopic (exact) mass is 121 g/mol. The lowest BCUT2D eigenvalue weighted by Crippen LogP contribution is -1.85. The fraction of sp³-hybridized carbons (Fsp3) is 0. The summed E-state index contributed by atoms with van der Waals surface area (Å²) >= 11 is 0. The molecule has 0 fully saturated rings. The van der Waals surface area contributed by atoms with Crippen LogP contribution in [0.15, 0.2) is 18.3 Å². The van der Waals surface area contributed by atoms with Crippen LogP contribution in [0.3, 0.4) is 0 Å². The van der Waals surface area contributed by atoms with E-state index in [2.05, 4.69) is 9.96 Å². The molecule has 2 N–H and O–H groups in total. The van der Waals surface area contributed by atoms with Gasteiger partial charge < -0.3 is 5.73 Å². The predicted molar refractivity (Wildman–Crippen MR) is 33.4 cm³/mol. The number of pyridine rings is 1. The van der Waals surface area contributed by atoms with E-state index in [1.54, 1.807) is 12.1 Å². The van der Waals surface area contributed by atoms with Gasteiger partial charge in [0.15, 0.2) is 4.98 Å². The molecule has 1 rings (SSSR count). The van der Waals surface area contributed by atoms with Gasteiger partial charge >= 0.3 is 5.69 Å². The molecule has 0 unspecified atom stereocenters. The Kier molecular flexibility index (Phi) is 1.28. The number of diazo groups is 1. The van der Waals surface area contributed by atoms with Crippen LogP contribution in [0.4, 0.5) is 11.5 Å². The first-order chi connectivity index (χ1) is 4.33. The molecule has 0 aliphatic carbocycles. The van der Waals surface area contributed by atoms with Gasteiger partial charge in [0.05, 0.1) is 0 Å². The highest BCUT2D eigenvalue weighted by Crippen LogP contribution is 2.09. The topological polar surface area (TPSA) is 67.1 Å². The number of anilines is 1. The van der Waals surface area contributed by atoms with E-state index in [1.807, 2.05) is 0 Å². The van der Waals surface area contributed by atoms with Crippen molar-refractivity contribution in [3.63, 3.8) is 0 Å². The number of rotatable bonds is 0. The van der Waals surface area contributed by atoms with E-state index >= 15 is 0 Å². The van der Waals surface area contributed by atoms with E-state index in [-0.39, 0.29) is 0 Å². The van der Waals surface area contributed by atoms with Gasteiger partial charge in [0, 0.05) is 6.07 Å². The number of nitrogens with two attached hydrogens (primary N) is 1. The maximum absolute atomic E-state index is 8.17. The fourth-order valence-corrected chi connectivity index (χ4v) is 0.457. The zero-order valence-corrected chi connectivity index (χ0v) is 4.65. The zero-order chi connectivity index (χ0) is 6.69. The first kappa shape index (κ1) is 5.51. The Morgan fingerprint density at radius 1 is 1.56 bits per heavy atom. The molecule has 4 heteroatoms. The minimum atomic E-state index is 0.407. The molecule has 1 aromatic heterocycles. The van der Waals surface area contributed by atoms with Crippen LogP contribution in [0.1, 0.15) is 0 Å². The van der Waals surface area contributed by atoms with Crippen molar-refractivity contribution in [2.45, 2.75) is 0 Å². The third-order valence-corrected chi connectivity index (χ3v) is 0.886. The second-order valence-electron chi connectivity index (χ2n) is 1.54. The molecule has 1 aromatic rings. The van der Waals surface area contributed by atoms with Crippen LogP contribution in [0, 0.1) is 5.39 Å². The number of hydrogen-bond acceptors (Lipinski definition) is 3. The van der Waals surface area contributed by atoms with Crippen molar-refractivity contribution in [2.75, 3.05) is 5.73 Å². The second kappa shape index (κ2) is 2.09. The smallest absolute Gasteiger partial charge is 0.384 e. The van der Waals surface area contributed by atoms with Crippen molar-refractivity contribution in [3.05, 3.63) is 23.3 Å². The second-order valence-corrected chi connectivity index (χ2v) is 1.54. The largest absolute Gasteiger partial charge is 0.403 e. The molecule has 0 amide bonds. The molecule has 0 saturated heterocycles. The molecule has 0 saturated carbocycles. The molecule has 0 aromatic carbocycles. The maximum Gasteiger partial charge on any atom is 0.403 e. The molecular weight excluding hydrogens is 116 g/mol. The van der Waals surface area contributed by atoms with Crippen LogP contribution in [-0.2, 0) is 0 Å². The van der Waals surface area contributed by atoms with Crippen molar-refractivity contribution >= 4 is 11.5 Å². The Morgan fingerprint density at radius 2 is 2.33 bits per heavy atom. The Morgan fingerprint density at radius 3 is 2.78 bits per heavy atom. The third kappa shape index (κ3) is 1.13. The Hall–Kier alpha value is -1.63. The molecule has 4 nitrogen and oxygen atoms in total. The minimum Gasteiger partial charge on any atom is -0.384 e. The third-order valence-electron chi connectivity index (χ3n) is 0.886. The molecule has 0 aliphatic rings. The van der Waals surface area contributed by atoms with Gasteiger partial charge in [0.2, 0.25) is 5.39 Å². The molecular formula is C5H5N4+. The van der Waals surface area contributed by atoms with E-state index < -0.39 is 0 Å². The van der Waals surface area contributed by atoms with Crippen molar-refractivity contribution in [2.24, 2.45) is 0 Å². The Labute approximate surface area is 52.0 Å².